The minimum absolute atomic E-state index is 0.0764. The highest BCUT2D eigenvalue weighted by Crippen LogP contribution is 2.35. The predicted molar refractivity (Wildman–Crippen MR) is 132 cm³/mol. The molecule has 5 rings (SSSR count). The normalized spacial score (nSPS) is 14.0. The van der Waals surface area contributed by atoms with Gasteiger partial charge in [-0.3, -0.25) is 9.48 Å². The highest BCUT2D eigenvalue weighted by Gasteiger charge is 2.26. The first-order valence-corrected chi connectivity index (χ1v) is 11.7. The average molecular weight is 463 g/mol. The lowest BCUT2D eigenvalue weighted by molar-refractivity contribution is 0.0751. The predicted octanol–water partition coefficient (Wildman–Crippen LogP) is 4.28. The average Bonchev–Trinajstić information content (AvgIpc) is 3.44. The molecule has 1 fully saturated rings. The van der Waals surface area contributed by atoms with Crippen LogP contribution in [-0.4, -0.2) is 61.0 Å². The Labute approximate surface area is 196 Å². The van der Waals surface area contributed by atoms with Gasteiger partial charge in [-0.1, -0.05) is 24.3 Å². The van der Waals surface area contributed by atoms with Crippen LogP contribution in [0.3, 0.4) is 0 Å². The molecule has 33 heavy (non-hydrogen) atoms. The van der Waals surface area contributed by atoms with E-state index in [1.165, 1.54) is 11.3 Å². The molecule has 170 valence electrons. The van der Waals surface area contributed by atoms with E-state index in [4.69, 9.17) is 14.6 Å². The van der Waals surface area contributed by atoms with Gasteiger partial charge in [-0.15, -0.1) is 11.3 Å². The number of thiophene rings is 1. The van der Waals surface area contributed by atoms with Gasteiger partial charge in [-0.2, -0.15) is 5.10 Å². The van der Waals surface area contributed by atoms with E-state index in [1.54, 1.807) is 14.2 Å². The van der Waals surface area contributed by atoms with Crippen molar-refractivity contribution in [2.75, 3.05) is 45.3 Å². The molecule has 7 nitrogen and oxygen atoms in total. The Hall–Kier alpha value is -3.52. The van der Waals surface area contributed by atoms with Crippen molar-refractivity contribution in [1.82, 2.24) is 14.7 Å². The van der Waals surface area contributed by atoms with Crippen molar-refractivity contribution in [3.8, 4) is 22.8 Å². The maximum atomic E-state index is 13.3. The van der Waals surface area contributed by atoms with E-state index >= 15 is 0 Å². The number of hydrogen-bond donors (Lipinski definition) is 0. The van der Waals surface area contributed by atoms with E-state index in [0.29, 0.717) is 13.1 Å². The molecule has 0 bridgehead atoms. The molecule has 0 aliphatic carbocycles. The zero-order valence-electron chi connectivity index (χ0n) is 18.9. The van der Waals surface area contributed by atoms with Crippen LogP contribution in [0.4, 0.5) is 5.69 Å². The number of aryl methyl sites for hydroxylation is 1. The summed E-state index contributed by atoms with van der Waals surface area (Å²) < 4.78 is 12.7. The van der Waals surface area contributed by atoms with Gasteiger partial charge in [-0.25, -0.2) is 0 Å². The van der Waals surface area contributed by atoms with E-state index in [9.17, 15) is 4.79 Å². The van der Waals surface area contributed by atoms with Crippen molar-refractivity contribution in [3.63, 3.8) is 0 Å². The van der Waals surface area contributed by atoms with Crippen molar-refractivity contribution in [2.24, 2.45) is 7.05 Å². The minimum Gasteiger partial charge on any atom is -0.497 e. The summed E-state index contributed by atoms with van der Waals surface area (Å²) >= 11 is 1.50. The summed E-state index contributed by atoms with van der Waals surface area (Å²) in [4.78, 5) is 19.3. The van der Waals surface area contributed by atoms with Gasteiger partial charge in [0, 0.05) is 44.2 Å². The molecule has 1 aliphatic rings. The molecule has 3 heterocycles. The van der Waals surface area contributed by atoms with Crippen LogP contribution in [-0.2, 0) is 7.05 Å². The molecule has 0 atom stereocenters. The Bertz CT molecular complexity index is 1300. The molecule has 0 N–H and O–H groups in total. The molecule has 0 spiro atoms. The number of anilines is 1. The summed E-state index contributed by atoms with van der Waals surface area (Å²) in [6.07, 6.45) is 0. The minimum atomic E-state index is 0.0764. The second kappa shape index (κ2) is 8.78. The second-order valence-corrected chi connectivity index (χ2v) is 9.02. The van der Waals surface area contributed by atoms with Gasteiger partial charge >= 0.3 is 0 Å². The number of carbonyl (C=O) groups excluding carboxylic acids is 1. The monoisotopic (exact) mass is 462 g/mol. The van der Waals surface area contributed by atoms with Crippen LogP contribution >= 0.6 is 11.3 Å². The lowest BCUT2D eigenvalue weighted by atomic mass is 10.1. The van der Waals surface area contributed by atoms with E-state index < -0.39 is 0 Å². The fraction of sp³-hybridized carbons (Fsp3) is 0.280. The van der Waals surface area contributed by atoms with E-state index in [1.807, 2.05) is 65.2 Å². The van der Waals surface area contributed by atoms with Gasteiger partial charge < -0.3 is 19.3 Å². The van der Waals surface area contributed by atoms with Crippen LogP contribution in [0.5, 0.6) is 11.5 Å². The first-order chi connectivity index (χ1) is 16.1. The van der Waals surface area contributed by atoms with E-state index in [0.717, 1.165) is 56.6 Å². The fourth-order valence-electron chi connectivity index (χ4n) is 4.33. The van der Waals surface area contributed by atoms with Crippen LogP contribution in [0.15, 0.2) is 54.6 Å². The molecule has 2 aromatic carbocycles. The molecule has 1 saturated heterocycles. The first-order valence-electron chi connectivity index (χ1n) is 10.9. The smallest absolute Gasteiger partial charge is 0.264 e. The van der Waals surface area contributed by atoms with Crippen LogP contribution in [0, 0.1) is 0 Å². The quantitative estimate of drug-likeness (QED) is 0.443. The number of para-hydroxylation sites is 2. The Morgan fingerprint density at radius 2 is 1.76 bits per heavy atom. The number of carbonyl (C=O) groups is 1. The van der Waals surface area contributed by atoms with Gasteiger partial charge in [0.25, 0.3) is 5.91 Å². The van der Waals surface area contributed by atoms with Crippen molar-refractivity contribution in [1.29, 1.82) is 0 Å². The van der Waals surface area contributed by atoms with Crippen LogP contribution in [0.1, 0.15) is 9.67 Å². The number of nitrogens with zero attached hydrogens (tertiary/aromatic N) is 4. The zero-order chi connectivity index (χ0) is 22.9. The largest absolute Gasteiger partial charge is 0.497 e. The molecule has 0 radical (unpaired) electrons. The Morgan fingerprint density at radius 1 is 0.970 bits per heavy atom. The summed E-state index contributed by atoms with van der Waals surface area (Å²) in [5.74, 6) is 1.72. The van der Waals surface area contributed by atoms with Gasteiger partial charge in [0.15, 0.2) is 0 Å². The van der Waals surface area contributed by atoms with E-state index in [-0.39, 0.29) is 5.91 Å². The highest BCUT2D eigenvalue weighted by molar-refractivity contribution is 7.20. The number of hydrogen-bond acceptors (Lipinski definition) is 6. The maximum Gasteiger partial charge on any atom is 0.264 e. The summed E-state index contributed by atoms with van der Waals surface area (Å²) in [6, 6.07) is 17.9. The lowest BCUT2D eigenvalue weighted by Gasteiger charge is -2.36. The molecule has 1 amide bonds. The van der Waals surface area contributed by atoms with Crippen molar-refractivity contribution < 1.29 is 14.3 Å². The molecule has 8 heteroatoms. The van der Waals surface area contributed by atoms with Gasteiger partial charge in [0.2, 0.25) is 0 Å². The zero-order valence-corrected chi connectivity index (χ0v) is 19.8. The summed E-state index contributed by atoms with van der Waals surface area (Å²) in [5, 5.41) is 5.69. The number of fused-ring (bicyclic) bond motifs is 1. The number of ether oxygens (including phenoxy) is 2. The van der Waals surface area contributed by atoms with Crippen molar-refractivity contribution >= 4 is 33.1 Å². The number of amides is 1. The third-order valence-corrected chi connectivity index (χ3v) is 7.25. The summed E-state index contributed by atoms with van der Waals surface area (Å²) in [5.41, 5.74) is 2.91. The standard InChI is InChI=1S/C25H26N4O3S/c1-27-25-19(23(26-27)17-7-6-8-18(15-17)31-2)16-22(33-25)24(30)29-13-11-28(12-14-29)20-9-4-5-10-21(20)32-3/h4-10,15-16H,11-14H2,1-3H3. The number of rotatable bonds is 5. The molecule has 2 aromatic heterocycles. The highest BCUT2D eigenvalue weighted by atomic mass is 32.1. The molecular weight excluding hydrogens is 436 g/mol. The summed E-state index contributed by atoms with van der Waals surface area (Å²) in [7, 11) is 5.26. The van der Waals surface area contributed by atoms with Crippen molar-refractivity contribution in [3.05, 3.63) is 59.5 Å². The van der Waals surface area contributed by atoms with Gasteiger partial charge in [0.1, 0.15) is 22.0 Å². The van der Waals surface area contributed by atoms with Crippen LogP contribution in [0.25, 0.3) is 21.5 Å². The number of methoxy groups -OCH3 is 2. The second-order valence-electron chi connectivity index (χ2n) is 7.98. The third-order valence-electron chi connectivity index (χ3n) is 6.06. The van der Waals surface area contributed by atoms with Crippen molar-refractivity contribution in [2.45, 2.75) is 0 Å². The Morgan fingerprint density at radius 3 is 2.52 bits per heavy atom. The van der Waals surface area contributed by atoms with Crippen LogP contribution in [0.2, 0.25) is 0 Å². The van der Waals surface area contributed by atoms with Gasteiger partial charge in [-0.05, 0) is 30.3 Å². The van der Waals surface area contributed by atoms with Crippen LogP contribution < -0.4 is 14.4 Å². The van der Waals surface area contributed by atoms with Gasteiger partial charge in [0.05, 0.1) is 24.8 Å². The topological polar surface area (TPSA) is 59.8 Å². The molecule has 1 aliphatic heterocycles. The Kier molecular flexibility index (Phi) is 5.68. The summed E-state index contributed by atoms with van der Waals surface area (Å²) in [6.45, 7) is 2.89. The first kappa shape index (κ1) is 21.3. The number of aromatic nitrogens is 2. The Balaban J connectivity index is 1.36. The lowest BCUT2D eigenvalue weighted by Crippen LogP contribution is -2.48. The SMILES string of the molecule is COc1cccc(-c2nn(C)c3sc(C(=O)N4CCN(c5ccccc5OC)CC4)cc23)c1. The number of benzene rings is 2. The molecule has 0 unspecified atom stereocenters. The fourth-order valence-corrected chi connectivity index (χ4v) is 5.37. The maximum absolute atomic E-state index is 13.3. The molecule has 0 saturated carbocycles. The molecule has 4 aromatic rings. The van der Waals surface area contributed by atoms with E-state index in [2.05, 4.69) is 11.0 Å². The third kappa shape index (κ3) is 3.91. The number of piperazine rings is 1. The molecular formula is C25H26N4O3S.